The highest BCUT2D eigenvalue weighted by molar-refractivity contribution is 5.95. The van der Waals surface area contributed by atoms with Crippen molar-refractivity contribution >= 4 is 23.7 Å². The summed E-state index contributed by atoms with van der Waals surface area (Å²) in [7, 11) is 0. The predicted molar refractivity (Wildman–Crippen MR) is 187 cm³/mol. The minimum atomic E-state index is -0.717. The standard InChI is InChI=1S/C37H53N7O4/c1-23(2)17-30(33(47)40-14-8-15-41-35(38)39)43-32(46)21-42-34(48)37(26-9-6-5-7-10-26)20-27(37)22-44-16-13-36(4)24(3)31(44)18-25-11-12-28(45)19-29(25)36/h5-7,9-12,19,23-24,27,30-31,45H,8,13-18,20-22H2,1-4H3,(H,40,47)(H,42,48)(H,43,46)(H4,38,39,41)/t24-,27-,30+,31+,36+,37+/m0/s1. The maximum Gasteiger partial charge on any atom is 0.242 e. The zero-order valence-electron chi connectivity index (χ0n) is 28.8. The molecule has 2 fully saturated rings. The van der Waals surface area contributed by atoms with Gasteiger partial charge in [-0.1, -0.05) is 64.1 Å². The van der Waals surface area contributed by atoms with Gasteiger partial charge in [-0.2, -0.15) is 0 Å². The fraction of sp³-hybridized carbons (Fsp3) is 0.568. The van der Waals surface area contributed by atoms with Crippen LogP contribution in [0.5, 0.6) is 5.75 Å². The largest absolute Gasteiger partial charge is 0.508 e. The van der Waals surface area contributed by atoms with Crippen LogP contribution < -0.4 is 27.4 Å². The number of amides is 3. The first-order valence-corrected chi connectivity index (χ1v) is 17.4. The topological polar surface area (TPSA) is 175 Å². The minimum absolute atomic E-state index is 0.00376. The Labute approximate surface area is 284 Å². The third-order valence-electron chi connectivity index (χ3n) is 11.1. The molecule has 1 saturated carbocycles. The molecule has 1 aliphatic heterocycles. The number of piperidine rings is 1. The van der Waals surface area contributed by atoms with Crippen molar-refractivity contribution in [1.29, 1.82) is 0 Å². The number of phenols is 1. The van der Waals surface area contributed by atoms with E-state index >= 15 is 0 Å². The number of nitrogens with one attached hydrogen (secondary N) is 3. The number of hydrogen-bond acceptors (Lipinski definition) is 6. The summed E-state index contributed by atoms with van der Waals surface area (Å²) in [5, 5.41) is 18.8. The summed E-state index contributed by atoms with van der Waals surface area (Å²) in [6.07, 6.45) is 3.65. The molecular weight excluding hydrogens is 606 g/mol. The summed E-state index contributed by atoms with van der Waals surface area (Å²) < 4.78 is 0. The molecule has 3 aliphatic rings. The Balaban J connectivity index is 1.22. The number of hydrogen-bond donors (Lipinski definition) is 6. The highest BCUT2D eigenvalue weighted by Crippen LogP contribution is 2.56. The lowest BCUT2D eigenvalue weighted by Gasteiger charge is -2.55. The molecule has 2 bridgehead atoms. The van der Waals surface area contributed by atoms with Gasteiger partial charge in [0, 0.05) is 25.7 Å². The van der Waals surface area contributed by atoms with Crippen LogP contribution in [0.2, 0.25) is 0 Å². The maximum atomic E-state index is 14.0. The highest BCUT2D eigenvalue weighted by atomic mass is 16.3. The van der Waals surface area contributed by atoms with Crippen LogP contribution in [0.4, 0.5) is 0 Å². The van der Waals surface area contributed by atoms with Gasteiger partial charge in [-0.25, -0.2) is 0 Å². The van der Waals surface area contributed by atoms with E-state index in [1.54, 1.807) is 6.07 Å². The van der Waals surface area contributed by atoms with Crippen molar-refractivity contribution in [2.45, 2.75) is 82.7 Å². The Hall–Kier alpha value is -4.12. The highest BCUT2D eigenvalue weighted by Gasteiger charge is 2.62. The summed E-state index contributed by atoms with van der Waals surface area (Å²) in [4.78, 5) is 46.5. The number of phenolic OH excluding ortho intramolecular Hbond substituents is 1. The van der Waals surface area contributed by atoms with Crippen LogP contribution in [0.25, 0.3) is 0 Å². The smallest absolute Gasteiger partial charge is 0.242 e. The molecule has 0 radical (unpaired) electrons. The quantitative estimate of drug-likeness (QED) is 0.102. The van der Waals surface area contributed by atoms with E-state index in [0.717, 1.165) is 31.5 Å². The summed E-state index contributed by atoms with van der Waals surface area (Å²) in [6, 6.07) is 15.3. The number of aliphatic imine (C=N–C) groups is 1. The normalized spacial score (nSPS) is 26.6. The van der Waals surface area contributed by atoms with E-state index in [1.165, 1.54) is 11.1 Å². The molecule has 2 aliphatic carbocycles. The molecule has 0 aromatic heterocycles. The molecule has 1 saturated heterocycles. The number of benzene rings is 2. The monoisotopic (exact) mass is 659 g/mol. The van der Waals surface area contributed by atoms with Crippen LogP contribution in [0.15, 0.2) is 53.5 Å². The maximum absolute atomic E-state index is 14.0. The van der Waals surface area contributed by atoms with E-state index in [4.69, 9.17) is 11.5 Å². The molecular formula is C37H53N7O4. The molecule has 11 heteroatoms. The molecule has 0 unspecified atom stereocenters. The third-order valence-corrected chi connectivity index (χ3v) is 11.1. The van der Waals surface area contributed by atoms with Gasteiger partial charge in [0.05, 0.1) is 12.0 Å². The van der Waals surface area contributed by atoms with E-state index in [9.17, 15) is 19.5 Å². The Morgan fingerprint density at radius 3 is 2.56 bits per heavy atom. The Morgan fingerprint density at radius 2 is 1.85 bits per heavy atom. The van der Waals surface area contributed by atoms with Gasteiger partial charge in [0.2, 0.25) is 17.7 Å². The van der Waals surface area contributed by atoms with Gasteiger partial charge >= 0.3 is 0 Å². The van der Waals surface area contributed by atoms with E-state index in [-0.39, 0.29) is 41.6 Å². The van der Waals surface area contributed by atoms with Gasteiger partial charge in [0.1, 0.15) is 11.8 Å². The number of rotatable bonds is 14. The fourth-order valence-electron chi connectivity index (χ4n) is 8.14. The van der Waals surface area contributed by atoms with Crippen molar-refractivity contribution in [2.75, 3.05) is 32.7 Å². The van der Waals surface area contributed by atoms with Crippen molar-refractivity contribution in [3.05, 3.63) is 65.2 Å². The number of carbonyl (C=O) groups is 3. The Kier molecular flexibility index (Phi) is 10.7. The zero-order valence-corrected chi connectivity index (χ0v) is 28.8. The van der Waals surface area contributed by atoms with Crippen LogP contribution in [0.3, 0.4) is 0 Å². The zero-order chi connectivity index (χ0) is 34.6. The number of nitrogens with two attached hydrogens (primary N) is 2. The van der Waals surface area contributed by atoms with Crippen LogP contribution >= 0.6 is 0 Å². The summed E-state index contributed by atoms with van der Waals surface area (Å²) in [5.74, 6) is 0.181. The molecule has 3 amide bonds. The summed E-state index contributed by atoms with van der Waals surface area (Å²) >= 11 is 0. The second-order valence-corrected chi connectivity index (χ2v) is 14.7. The van der Waals surface area contributed by atoms with Crippen molar-refractivity contribution in [3.63, 3.8) is 0 Å². The lowest BCUT2D eigenvalue weighted by atomic mass is 9.59. The van der Waals surface area contributed by atoms with Crippen molar-refractivity contribution in [3.8, 4) is 5.75 Å². The second-order valence-electron chi connectivity index (χ2n) is 14.7. The van der Waals surface area contributed by atoms with E-state index < -0.39 is 17.4 Å². The number of nitrogens with zero attached hydrogens (tertiary/aromatic N) is 2. The van der Waals surface area contributed by atoms with E-state index in [1.807, 2.05) is 50.2 Å². The number of likely N-dealkylation sites (tertiary alicyclic amines) is 1. The Bertz CT molecular complexity index is 1510. The number of aromatic hydroxyl groups is 1. The van der Waals surface area contributed by atoms with Gasteiger partial charge < -0.3 is 32.5 Å². The number of carbonyl (C=O) groups excluding carboxylic acids is 3. The van der Waals surface area contributed by atoms with Crippen LogP contribution in [0, 0.1) is 17.8 Å². The van der Waals surface area contributed by atoms with Gasteiger partial charge in [-0.3, -0.25) is 24.3 Å². The molecule has 11 nitrogen and oxygen atoms in total. The van der Waals surface area contributed by atoms with Crippen LogP contribution in [0.1, 0.15) is 70.1 Å². The molecule has 2 aromatic carbocycles. The van der Waals surface area contributed by atoms with Crippen LogP contribution in [-0.2, 0) is 31.6 Å². The lowest BCUT2D eigenvalue weighted by Crippen LogP contribution is -2.58. The lowest BCUT2D eigenvalue weighted by molar-refractivity contribution is -0.130. The summed E-state index contributed by atoms with van der Waals surface area (Å²) in [5.41, 5.74) is 13.5. The van der Waals surface area contributed by atoms with Crippen molar-refractivity contribution < 1.29 is 19.5 Å². The average molecular weight is 660 g/mol. The van der Waals surface area contributed by atoms with Gasteiger partial charge in [0.15, 0.2) is 5.96 Å². The minimum Gasteiger partial charge on any atom is -0.508 e. The first-order chi connectivity index (χ1) is 22.8. The predicted octanol–water partition coefficient (Wildman–Crippen LogP) is 2.30. The first-order valence-electron chi connectivity index (χ1n) is 17.4. The molecule has 48 heavy (non-hydrogen) atoms. The van der Waals surface area contributed by atoms with Crippen molar-refractivity contribution in [1.82, 2.24) is 20.9 Å². The molecule has 6 atom stereocenters. The van der Waals surface area contributed by atoms with Crippen molar-refractivity contribution in [2.24, 2.45) is 34.2 Å². The second kappa shape index (κ2) is 14.6. The Morgan fingerprint density at radius 1 is 1.10 bits per heavy atom. The molecule has 8 N–H and O–H groups in total. The van der Waals surface area contributed by atoms with E-state index in [0.29, 0.717) is 50.1 Å². The SMILES string of the molecule is CC(C)C[C@@H](NC(=O)CNC(=O)[C@@]1(c2ccccc2)C[C@H]1CN1CC[C@@]2(C)c3cc(O)ccc3C[C@@H]1[C@@H]2C)C(=O)NCCCN=C(N)N. The first kappa shape index (κ1) is 35.2. The molecule has 0 spiro atoms. The van der Waals surface area contributed by atoms with Gasteiger partial charge in [-0.15, -0.1) is 0 Å². The fourth-order valence-corrected chi connectivity index (χ4v) is 8.14. The molecule has 1 heterocycles. The van der Waals surface area contributed by atoms with Gasteiger partial charge in [-0.05, 0) is 90.6 Å². The number of guanidine groups is 1. The molecule has 2 aromatic rings. The number of fused-ring (bicyclic) bond motifs is 4. The average Bonchev–Trinajstić information content (AvgIpc) is 3.77. The third kappa shape index (κ3) is 7.46. The summed E-state index contributed by atoms with van der Waals surface area (Å²) in [6.45, 7) is 10.9. The van der Waals surface area contributed by atoms with Crippen LogP contribution in [-0.4, -0.2) is 78.5 Å². The molecule has 260 valence electrons. The van der Waals surface area contributed by atoms with E-state index in [2.05, 4.69) is 45.8 Å². The van der Waals surface area contributed by atoms with Gasteiger partial charge in [0.25, 0.3) is 0 Å². The molecule has 5 rings (SSSR count).